The third-order valence-electron chi connectivity index (χ3n) is 4.28. The Hall–Kier alpha value is -2.08. The molecule has 1 aromatic carbocycles. The zero-order chi connectivity index (χ0) is 14.3. The number of primary amides is 1. The van der Waals surface area contributed by atoms with Crippen LogP contribution in [-0.4, -0.2) is 52.1 Å². The number of carbonyl (C=O) groups excluding carboxylic acids is 1. The maximum Gasteiger partial charge on any atom is 0.407 e. The molecule has 20 heavy (non-hydrogen) atoms. The van der Waals surface area contributed by atoms with E-state index in [0.717, 1.165) is 12.1 Å². The first-order valence-corrected chi connectivity index (χ1v) is 6.65. The standard InChI is InChI=1S/C14H17N3O3/c15-13(18)10-7-17(14(19)20)11-8-16(12(10)11)6-9-4-2-1-3-5-9/h1-5,10-12H,6-8H2,(H2,15,18)(H,19,20)/t10-,11+,12+/m1/s1. The summed E-state index contributed by atoms with van der Waals surface area (Å²) in [5.41, 5.74) is 6.57. The van der Waals surface area contributed by atoms with Gasteiger partial charge in [-0.25, -0.2) is 4.79 Å². The first-order chi connectivity index (χ1) is 9.58. The molecular formula is C14H17N3O3. The van der Waals surface area contributed by atoms with E-state index in [9.17, 15) is 9.59 Å². The summed E-state index contributed by atoms with van der Waals surface area (Å²) in [7, 11) is 0. The second-order valence-corrected chi connectivity index (χ2v) is 5.42. The van der Waals surface area contributed by atoms with Crippen LogP contribution in [0.4, 0.5) is 4.79 Å². The number of benzene rings is 1. The number of nitrogens with zero attached hydrogens (tertiary/aromatic N) is 2. The minimum atomic E-state index is -0.969. The van der Waals surface area contributed by atoms with Crippen molar-refractivity contribution in [1.82, 2.24) is 9.80 Å². The van der Waals surface area contributed by atoms with Gasteiger partial charge >= 0.3 is 6.09 Å². The minimum Gasteiger partial charge on any atom is -0.465 e. The SMILES string of the molecule is NC(=O)[C@@H]1CN(C(=O)O)[C@H]2CN(Cc3ccccc3)[C@@H]12. The Morgan fingerprint density at radius 3 is 2.55 bits per heavy atom. The van der Waals surface area contributed by atoms with E-state index in [1.54, 1.807) is 0 Å². The van der Waals surface area contributed by atoms with Crippen molar-refractivity contribution in [3.05, 3.63) is 35.9 Å². The van der Waals surface area contributed by atoms with Crippen LogP contribution in [0.3, 0.4) is 0 Å². The molecule has 3 N–H and O–H groups in total. The zero-order valence-electron chi connectivity index (χ0n) is 11.0. The second kappa shape index (κ2) is 4.79. The normalized spacial score (nSPS) is 28.8. The lowest BCUT2D eigenvalue weighted by molar-refractivity contribution is -0.124. The maximum atomic E-state index is 11.5. The number of carbonyl (C=O) groups is 2. The quantitative estimate of drug-likeness (QED) is 0.832. The van der Waals surface area contributed by atoms with Crippen LogP contribution >= 0.6 is 0 Å². The van der Waals surface area contributed by atoms with Gasteiger partial charge in [-0.15, -0.1) is 0 Å². The summed E-state index contributed by atoms with van der Waals surface area (Å²) in [5.74, 6) is -0.824. The summed E-state index contributed by atoms with van der Waals surface area (Å²) in [6.07, 6.45) is -0.969. The Labute approximate surface area is 116 Å². The number of hydrogen-bond donors (Lipinski definition) is 2. The lowest BCUT2D eigenvalue weighted by atomic mass is 9.88. The molecule has 6 heteroatoms. The van der Waals surface area contributed by atoms with E-state index in [1.807, 2.05) is 30.3 Å². The van der Waals surface area contributed by atoms with Gasteiger partial charge in [0, 0.05) is 25.7 Å². The van der Waals surface area contributed by atoms with Gasteiger partial charge in [0.15, 0.2) is 0 Å². The second-order valence-electron chi connectivity index (χ2n) is 5.42. The van der Waals surface area contributed by atoms with Crippen LogP contribution in [0, 0.1) is 5.92 Å². The van der Waals surface area contributed by atoms with Gasteiger partial charge in [0.2, 0.25) is 5.91 Å². The van der Waals surface area contributed by atoms with Crippen LogP contribution in [0.15, 0.2) is 30.3 Å². The topological polar surface area (TPSA) is 86.9 Å². The molecule has 2 heterocycles. The van der Waals surface area contributed by atoms with Crippen molar-refractivity contribution < 1.29 is 14.7 Å². The van der Waals surface area contributed by atoms with Gasteiger partial charge in [0.1, 0.15) is 0 Å². The van der Waals surface area contributed by atoms with Crippen molar-refractivity contribution >= 4 is 12.0 Å². The Kier molecular flexibility index (Phi) is 3.10. The van der Waals surface area contributed by atoms with E-state index < -0.39 is 17.9 Å². The first-order valence-electron chi connectivity index (χ1n) is 6.65. The number of fused-ring (bicyclic) bond motifs is 1. The van der Waals surface area contributed by atoms with Gasteiger partial charge in [-0.05, 0) is 5.56 Å². The minimum absolute atomic E-state index is 0.0798. The Bertz CT molecular complexity index is 534. The van der Waals surface area contributed by atoms with E-state index in [2.05, 4.69) is 4.90 Å². The van der Waals surface area contributed by atoms with Crippen LogP contribution in [0.1, 0.15) is 5.56 Å². The highest BCUT2D eigenvalue weighted by atomic mass is 16.4. The molecule has 0 bridgehead atoms. The zero-order valence-corrected chi connectivity index (χ0v) is 11.0. The molecule has 2 saturated heterocycles. The molecule has 0 saturated carbocycles. The maximum absolute atomic E-state index is 11.5. The molecule has 2 fully saturated rings. The lowest BCUT2D eigenvalue weighted by Crippen LogP contribution is -2.64. The molecule has 0 unspecified atom stereocenters. The van der Waals surface area contributed by atoms with Gasteiger partial charge in [0.25, 0.3) is 0 Å². The van der Waals surface area contributed by atoms with Gasteiger partial charge in [-0.3, -0.25) is 9.69 Å². The molecule has 0 aliphatic carbocycles. The number of carboxylic acid groups (broad SMARTS) is 1. The molecule has 0 aromatic heterocycles. The third-order valence-corrected chi connectivity index (χ3v) is 4.28. The van der Waals surface area contributed by atoms with Crippen LogP contribution in [0.25, 0.3) is 0 Å². The molecule has 3 rings (SSSR count). The highest BCUT2D eigenvalue weighted by Crippen LogP contribution is 2.37. The number of nitrogens with two attached hydrogens (primary N) is 1. The largest absolute Gasteiger partial charge is 0.465 e. The van der Waals surface area contributed by atoms with E-state index in [0.29, 0.717) is 6.54 Å². The van der Waals surface area contributed by atoms with Crippen molar-refractivity contribution in [1.29, 1.82) is 0 Å². The average molecular weight is 275 g/mol. The summed E-state index contributed by atoms with van der Waals surface area (Å²) in [5, 5.41) is 9.17. The molecule has 2 aliphatic rings. The summed E-state index contributed by atoms with van der Waals surface area (Å²) in [6.45, 7) is 1.60. The molecule has 6 nitrogen and oxygen atoms in total. The molecule has 106 valence electrons. The number of rotatable bonds is 3. The van der Waals surface area contributed by atoms with Crippen LogP contribution in [0.2, 0.25) is 0 Å². The van der Waals surface area contributed by atoms with Crippen LogP contribution < -0.4 is 5.73 Å². The molecule has 0 radical (unpaired) electrons. The Balaban J connectivity index is 1.75. The van der Waals surface area contributed by atoms with Crippen molar-refractivity contribution in [3.63, 3.8) is 0 Å². The predicted octanol–water partition coefficient (Wildman–Crippen LogP) is 0.335. The molecule has 1 aromatic rings. The van der Waals surface area contributed by atoms with Crippen molar-refractivity contribution in [2.75, 3.05) is 13.1 Å². The molecule has 0 spiro atoms. The summed E-state index contributed by atoms with van der Waals surface area (Å²) in [4.78, 5) is 26.2. The van der Waals surface area contributed by atoms with Gasteiger partial charge in [-0.1, -0.05) is 30.3 Å². The first kappa shape index (κ1) is 12.9. The van der Waals surface area contributed by atoms with Crippen molar-refractivity contribution in [2.45, 2.75) is 18.6 Å². The van der Waals surface area contributed by atoms with Crippen LogP contribution in [0.5, 0.6) is 0 Å². The molecule has 2 aliphatic heterocycles. The van der Waals surface area contributed by atoms with E-state index >= 15 is 0 Å². The highest BCUT2D eigenvalue weighted by molar-refractivity contribution is 5.80. The Morgan fingerprint density at radius 1 is 1.25 bits per heavy atom. The molecular weight excluding hydrogens is 258 g/mol. The highest BCUT2D eigenvalue weighted by Gasteiger charge is 2.55. The number of amides is 2. The predicted molar refractivity (Wildman–Crippen MR) is 71.8 cm³/mol. The number of hydrogen-bond acceptors (Lipinski definition) is 3. The fourth-order valence-corrected chi connectivity index (χ4v) is 3.30. The van der Waals surface area contributed by atoms with E-state index in [-0.39, 0.29) is 18.6 Å². The molecule has 3 atom stereocenters. The van der Waals surface area contributed by atoms with E-state index in [4.69, 9.17) is 10.8 Å². The smallest absolute Gasteiger partial charge is 0.407 e. The summed E-state index contributed by atoms with van der Waals surface area (Å²) in [6, 6.07) is 9.76. The van der Waals surface area contributed by atoms with Gasteiger partial charge in [0.05, 0.1) is 12.0 Å². The van der Waals surface area contributed by atoms with Gasteiger partial charge < -0.3 is 15.7 Å². The third kappa shape index (κ3) is 2.02. The lowest BCUT2D eigenvalue weighted by Gasteiger charge is -2.47. The van der Waals surface area contributed by atoms with E-state index in [1.165, 1.54) is 4.90 Å². The van der Waals surface area contributed by atoms with Gasteiger partial charge in [-0.2, -0.15) is 0 Å². The molecule has 2 amide bonds. The van der Waals surface area contributed by atoms with Crippen LogP contribution in [-0.2, 0) is 11.3 Å². The average Bonchev–Trinajstić information content (AvgIpc) is 2.71. The summed E-state index contributed by atoms with van der Waals surface area (Å²) >= 11 is 0. The fourth-order valence-electron chi connectivity index (χ4n) is 3.30. The van der Waals surface area contributed by atoms with Crippen molar-refractivity contribution in [3.8, 4) is 0 Å². The van der Waals surface area contributed by atoms with Crippen molar-refractivity contribution in [2.24, 2.45) is 11.7 Å². The summed E-state index contributed by atoms with van der Waals surface area (Å²) < 4.78 is 0. The fraction of sp³-hybridized carbons (Fsp3) is 0.429. The number of likely N-dealkylation sites (tertiary alicyclic amines) is 2. The Morgan fingerprint density at radius 2 is 1.95 bits per heavy atom. The monoisotopic (exact) mass is 275 g/mol.